The molecule has 0 aliphatic carbocycles. The van der Waals surface area contributed by atoms with Gasteiger partial charge >= 0.3 is 5.97 Å². The molecule has 0 aromatic carbocycles. The Kier molecular flexibility index (Phi) is 4.05. The molecular weight excluding hydrogens is 196 g/mol. The van der Waals surface area contributed by atoms with Crippen LogP contribution in [0.25, 0.3) is 0 Å². The predicted molar refractivity (Wildman–Crippen MR) is 56.0 cm³/mol. The van der Waals surface area contributed by atoms with Crippen LogP contribution in [0.1, 0.15) is 23.7 Å². The van der Waals surface area contributed by atoms with Crippen molar-refractivity contribution in [3.63, 3.8) is 0 Å². The van der Waals surface area contributed by atoms with Gasteiger partial charge in [0.05, 0.1) is 11.7 Å². The molecular formula is C10H14N2O3. The smallest absolute Gasteiger partial charge is 0.337 e. The van der Waals surface area contributed by atoms with Gasteiger partial charge in [-0.3, -0.25) is 0 Å². The third-order valence-corrected chi connectivity index (χ3v) is 2.00. The monoisotopic (exact) mass is 210 g/mol. The van der Waals surface area contributed by atoms with E-state index >= 15 is 0 Å². The molecule has 0 aliphatic rings. The van der Waals surface area contributed by atoms with E-state index in [2.05, 4.69) is 10.3 Å². The first-order valence-electron chi connectivity index (χ1n) is 4.74. The molecule has 0 amide bonds. The van der Waals surface area contributed by atoms with Gasteiger partial charge in [0.1, 0.15) is 5.82 Å². The lowest BCUT2D eigenvalue weighted by Gasteiger charge is -2.09. The van der Waals surface area contributed by atoms with Gasteiger partial charge < -0.3 is 15.5 Å². The Balaban J connectivity index is 2.53. The maximum absolute atomic E-state index is 10.5. The number of anilines is 1. The van der Waals surface area contributed by atoms with Crippen molar-refractivity contribution in [1.29, 1.82) is 0 Å². The fraction of sp³-hybridized carbons (Fsp3) is 0.400. The number of nitrogens with zero attached hydrogens (tertiary/aromatic N) is 1. The zero-order valence-electron chi connectivity index (χ0n) is 8.47. The summed E-state index contributed by atoms with van der Waals surface area (Å²) < 4.78 is 0. The molecule has 0 saturated carbocycles. The molecule has 0 spiro atoms. The van der Waals surface area contributed by atoms with Gasteiger partial charge in [-0.15, -0.1) is 0 Å². The number of aliphatic hydroxyl groups is 1. The van der Waals surface area contributed by atoms with Gasteiger partial charge in [0, 0.05) is 12.7 Å². The molecule has 1 aromatic rings. The quantitative estimate of drug-likeness (QED) is 0.674. The third-order valence-electron chi connectivity index (χ3n) is 2.00. The number of aliphatic hydroxyl groups excluding tert-OH is 1. The first-order valence-corrected chi connectivity index (χ1v) is 4.74. The van der Waals surface area contributed by atoms with Crippen molar-refractivity contribution in [1.82, 2.24) is 4.98 Å². The highest BCUT2D eigenvalue weighted by Crippen LogP contribution is 2.05. The van der Waals surface area contributed by atoms with Crippen molar-refractivity contribution in [2.45, 2.75) is 19.4 Å². The Morgan fingerprint density at radius 3 is 2.80 bits per heavy atom. The number of carboxylic acids is 1. The molecule has 0 aliphatic heterocycles. The average molecular weight is 210 g/mol. The SMILES string of the molecule is CCC(O)CNc1ccc(C(=O)O)cn1. The van der Waals surface area contributed by atoms with Crippen LogP contribution in [0.15, 0.2) is 18.3 Å². The van der Waals surface area contributed by atoms with Crippen molar-refractivity contribution < 1.29 is 15.0 Å². The number of pyridine rings is 1. The fourth-order valence-electron chi connectivity index (χ4n) is 0.992. The number of carbonyl (C=O) groups is 1. The summed E-state index contributed by atoms with van der Waals surface area (Å²) in [5, 5.41) is 20.8. The molecule has 1 aromatic heterocycles. The summed E-state index contributed by atoms with van der Waals surface area (Å²) >= 11 is 0. The zero-order valence-corrected chi connectivity index (χ0v) is 8.47. The van der Waals surface area contributed by atoms with Gasteiger partial charge in [0.2, 0.25) is 0 Å². The number of aromatic nitrogens is 1. The van der Waals surface area contributed by atoms with Gasteiger partial charge in [0.25, 0.3) is 0 Å². The standard InChI is InChI=1S/C10H14N2O3/c1-2-8(13)6-12-9-4-3-7(5-11-9)10(14)15/h3-5,8,13H,2,6H2,1H3,(H,11,12)(H,14,15). The predicted octanol–water partition coefficient (Wildman–Crippen LogP) is 0.963. The van der Waals surface area contributed by atoms with E-state index in [4.69, 9.17) is 5.11 Å². The van der Waals surface area contributed by atoms with Crippen LogP contribution < -0.4 is 5.32 Å². The highest BCUT2D eigenvalue weighted by molar-refractivity contribution is 5.87. The van der Waals surface area contributed by atoms with Crippen LogP contribution in [0.3, 0.4) is 0 Å². The maximum Gasteiger partial charge on any atom is 0.337 e. The molecule has 1 rings (SSSR count). The molecule has 1 heterocycles. The summed E-state index contributed by atoms with van der Waals surface area (Å²) in [6.45, 7) is 2.29. The Bertz CT molecular complexity index is 324. The minimum Gasteiger partial charge on any atom is -0.478 e. The van der Waals surface area contributed by atoms with E-state index in [1.165, 1.54) is 12.3 Å². The van der Waals surface area contributed by atoms with Crippen LogP contribution in [0.5, 0.6) is 0 Å². The first kappa shape index (κ1) is 11.5. The molecule has 0 bridgehead atoms. The fourth-order valence-corrected chi connectivity index (χ4v) is 0.992. The Hall–Kier alpha value is -1.62. The molecule has 3 N–H and O–H groups in total. The van der Waals surface area contributed by atoms with Crippen LogP contribution in [0.2, 0.25) is 0 Å². The zero-order chi connectivity index (χ0) is 11.3. The summed E-state index contributed by atoms with van der Waals surface area (Å²) in [5.41, 5.74) is 0.150. The van der Waals surface area contributed by atoms with Crippen LogP contribution in [-0.2, 0) is 0 Å². The average Bonchev–Trinajstić information content (AvgIpc) is 2.26. The molecule has 0 saturated heterocycles. The Morgan fingerprint density at radius 2 is 2.33 bits per heavy atom. The van der Waals surface area contributed by atoms with E-state index in [-0.39, 0.29) is 5.56 Å². The number of aromatic carboxylic acids is 1. The van der Waals surface area contributed by atoms with Crippen molar-refractivity contribution >= 4 is 11.8 Å². The molecule has 0 radical (unpaired) electrons. The number of nitrogens with one attached hydrogen (secondary N) is 1. The van der Waals surface area contributed by atoms with E-state index in [0.717, 1.165) is 0 Å². The summed E-state index contributed by atoms with van der Waals surface area (Å²) in [7, 11) is 0. The van der Waals surface area contributed by atoms with E-state index in [1.807, 2.05) is 6.92 Å². The summed E-state index contributed by atoms with van der Waals surface area (Å²) in [6.07, 6.45) is 1.54. The molecule has 1 atom stereocenters. The summed E-state index contributed by atoms with van der Waals surface area (Å²) in [6, 6.07) is 3.04. The number of carboxylic acid groups (broad SMARTS) is 1. The summed E-state index contributed by atoms with van der Waals surface area (Å²) in [4.78, 5) is 14.4. The van der Waals surface area contributed by atoms with Crippen LogP contribution in [0, 0.1) is 0 Å². The number of hydrogen-bond acceptors (Lipinski definition) is 4. The van der Waals surface area contributed by atoms with Crippen LogP contribution in [-0.4, -0.2) is 33.8 Å². The lowest BCUT2D eigenvalue weighted by atomic mass is 10.2. The molecule has 5 heteroatoms. The largest absolute Gasteiger partial charge is 0.478 e. The van der Waals surface area contributed by atoms with Crippen LogP contribution in [0.4, 0.5) is 5.82 Å². The second-order valence-electron chi connectivity index (χ2n) is 3.18. The second kappa shape index (κ2) is 5.31. The Morgan fingerprint density at radius 1 is 1.60 bits per heavy atom. The van der Waals surface area contributed by atoms with E-state index in [0.29, 0.717) is 18.8 Å². The lowest BCUT2D eigenvalue weighted by Crippen LogP contribution is -2.18. The highest BCUT2D eigenvalue weighted by atomic mass is 16.4. The number of rotatable bonds is 5. The lowest BCUT2D eigenvalue weighted by molar-refractivity contribution is 0.0696. The minimum atomic E-state index is -0.998. The topological polar surface area (TPSA) is 82.5 Å². The van der Waals surface area contributed by atoms with Gasteiger partial charge in [-0.1, -0.05) is 6.92 Å². The number of hydrogen-bond donors (Lipinski definition) is 3. The van der Waals surface area contributed by atoms with Crippen molar-refractivity contribution in [3.05, 3.63) is 23.9 Å². The van der Waals surface area contributed by atoms with Crippen molar-refractivity contribution in [3.8, 4) is 0 Å². The molecule has 15 heavy (non-hydrogen) atoms. The highest BCUT2D eigenvalue weighted by Gasteiger charge is 2.04. The van der Waals surface area contributed by atoms with Crippen molar-refractivity contribution in [2.24, 2.45) is 0 Å². The molecule has 1 unspecified atom stereocenters. The van der Waals surface area contributed by atoms with E-state index in [1.54, 1.807) is 6.07 Å². The molecule has 0 fully saturated rings. The molecule has 82 valence electrons. The van der Waals surface area contributed by atoms with E-state index in [9.17, 15) is 9.90 Å². The molecule has 5 nitrogen and oxygen atoms in total. The normalized spacial score (nSPS) is 12.1. The van der Waals surface area contributed by atoms with Gasteiger partial charge in [-0.2, -0.15) is 0 Å². The van der Waals surface area contributed by atoms with Gasteiger partial charge in [0.15, 0.2) is 0 Å². The van der Waals surface area contributed by atoms with Crippen LogP contribution >= 0.6 is 0 Å². The maximum atomic E-state index is 10.5. The van der Waals surface area contributed by atoms with E-state index < -0.39 is 12.1 Å². The third kappa shape index (κ3) is 3.55. The minimum absolute atomic E-state index is 0.150. The van der Waals surface area contributed by atoms with Crippen molar-refractivity contribution in [2.75, 3.05) is 11.9 Å². The first-order chi connectivity index (χ1) is 7.13. The summed E-state index contributed by atoms with van der Waals surface area (Å²) in [5.74, 6) is -0.435. The second-order valence-corrected chi connectivity index (χ2v) is 3.18. The van der Waals surface area contributed by atoms with Gasteiger partial charge in [-0.25, -0.2) is 9.78 Å². The van der Waals surface area contributed by atoms with Gasteiger partial charge in [-0.05, 0) is 18.6 Å². The Labute approximate surface area is 87.8 Å².